The predicted molar refractivity (Wildman–Crippen MR) is 82.3 cm³/mol. The van der Waals surface area contributed by atoms with Gasteiger partial charge in [-0.05, 0) is 24.1 Å². The van der Waals surface area contributed by atoms with Gasteiger partial charge >= 0.3 is 0 Å². The summed E-state index contributed by atoms with van der Waals surface area (Å²) in [7, 11) is 0. The summed E-state index contributed by atoms with van der Waals surface area (Å²) in [5.74, 6) is -0.154. The monoisotopic (exact) mass is 316 g/mol. The minimum Gasteiger partial charge on any atom is -0.354 e. The lowest BCUT2D eigenvalue weighted by molar-refractivity contribution is -0.123. The Kier molecular flexibility index (Phi) is 6.30. The van der Waals surface area contributed by atoms with Gasteiger partial charge in [-0.15, -0.1) is 0 Å². The number of hydrogen-bond donors (Lipinski definition) is 1. The smallest absolute Gasteiger partial charge is 0.240 e. The summed E-state index contributed by atoms with van der Waals surface area (Å²) in [6.45, 7) is 5.86. The van der Waals surface area contributed by atoms with Gasteiger partial charge in [0, 0.05) is 18.5 Å². The molecule has 0 spiro atoms. The maximum atomic E-state index is 11.9. The number of nitrogens with one attached hydrogen (secondary N) is 1. The molecule has 0 heterocycles. The second-order valence-electron chi connectivity index (χ2n) is 4.90. The zero-order valence-corrected chi connectivity index (χ0v) is 13.3. The molecule has 0 saturated heterocycles. The van der Waals surface area contributed by atoms with Gasteiger partial charge in [0.15, 0.2) is 0 Å². The first-order chi connectivity index (χ1) is 9.31. The van der Waals surface area contributed by atoms with Gasteiger partial charge in [0.25, 0.3) is 0 Å². The molecule has 0 atom stereocenters. The van der Waals surface area contributed by atoms with E-state index >= 15 is 0 Å². The van der Waals surface area contributed by atoms with Crippen molar-refractivity contribution in [2.75, 3.05) is 18.0 Å². The molecule has 0 fully saturated rings. The van der Waals surface area contributed by atoms with Crippen molar-refractivity contribution in [3.05, 3.63) is 28.2 Å². The lowest BCUT2D eigenvalue weighted by atomic mass is 10.2. The molecular formula is C14H18Cl2N2O2. The summed E-state index contributed by atoms with van der Waals surface area (Å²) in [5, 5.41) is 3.60. The molecule has 2 amide bonds. The van der Waals surface area contributed by atoms with Gasteiger partial charge in [0.2, 0.25) is 11.8 Å². The molecule has 0 aliphatic carbocycles. The minimum absolute atomic E-state index is 0.0812. The zero-order valence-electron chi connectivity index (χ0n) is 11.7. The fourth-order valence-corrected chi connectivity index (χ4v) is 1.96. The highest BCUT2D eigenvalue weighted by atomic mass is 35.5. The summed E-state index contributed by atoms with van der Waals surface area (Å²) < 4.78 is 0. The average Bonchev–Trinajstić information content (AvgIpc) is 2.36. The maximum absolute atomic E-state index is 11.9. The van der Waals surface area contributed by atoms with Crippen molar-refractivity contribution in [3.63, 3.8) is 0 Å². The Morgan fingerprint density at radius 1 is 1.30 bits per heavy atom. The van der Waals surface area contributed by atoms with E-state index in [-0.39, 0.29) is 18.4 Å². The fourth-order valence-electron chi connectivity index (χ4n) is 1.58. The highest BCUT2D eigenvalue weighted by molar-refractivity contribution is 6.35. The molecule has 0 aromatic heterocycles. The molecule has 1 aromatic carbocycles. The molecule has 0 radical (unpaired) electrons. The number of nitrogens with zero attached hydrogens (tertiary/aromatic N) is 1. The third-order valence-electron chi connectivity index (χ3n) is 2.59. The Labute approximate surface area is 129 Å². The van der Waals surface area contributed by atoms with Crippen molar-refractivity contribution in [1.82, 2.24) is 5.32 Å². The van der Waals surface area contributed by atoms with Crippen LogP contribution in [0.3, 0.4) is 0 Å². The van der Waals surface area contributed by atoms with E-state index in [1.54, 1.807) is 18.2 Å². The quantitative estimate of drug-likeness (QED) is 0.907. The van der Waals surface area contributed by atoms with Crippen LogP contribution in [0.1, 0.15) is 20.8 Å². The number of carbonyl (C=O) groups excluding carboxylic acids is 2. The van der Waals surface area contributed by atoms with Gasteiger partial charge in [0.1, 0.15) is 6.54 Å². The Hall–Kier alpha value is -1.26. The number of benzene rings is 1. The lowest BCUT2D eigenvalue weighted by Gasteiger charge is -2.22. The number of halogens is 2. The maximum Gasteiger partial charge on any atom is 0.240 e. The molecule has 0 saturated carbocycles. The lowest BCUT2D eigenvalue weighted by Crippen LogP contribution is -2.41. The van der Waals surface area contributed by atoms with E-state index < -0.39 is 0 Å². The van der Waals surface area contributed by atoms with Crippen molar-refractivity contribution in [2.24, 2.45) is 5.92 Å². The third-order valence-corrected chi connectivity index (χ3v) is 3.14. The summed E-state index contributed by atoms with van der Waals surface area (Å²) in [5.41, 5.74) is 0.436. The van der Waals surface area contributed by atoms with Crippen LogP contribution in [0.4, 0.5) is 5.69 Å². The molecule has 1 N–H and O–H groups in total. The van der Waals surface area contributed by atoms with E-state index in [1.165, 1.54) is 11.8 Å². The van der Waals surface area contributed by atoms with Crippen LogP contribution in [-0.2, 0) is 9.59 Å². The number of carbonyl (C=O) groups is 2. The van der Waals surface area contributed by atoms with Crippen LogP contribution < -0.4 is 10.2 Å². The van der Waals surface area contributed by atoms with Crippen LogP contribution in [0.15, 0.2) is 18.2 Å². The van der Waals surface area contributed by atoms with Crippen molar-refractivity contribution in [2.45, 2.75) is 20.8 Å². The fraction of sp³-hybridized carbons (Fsp3) is 0.429. The van der Waals surface area contributed by atoms with Crippen LogP contribution in [0.25, 0.3) is 0 Å². The number of anilines is 1. The van der Waals surface area contributed by atoms with Gasteiger partial charge in [-0.25, -0.2) is 0 Å². The summed E-state index contributed by atoms with van der Waals surface area (Å²) in [6.07, 6.45) is 0. The van der Waals surface area contributed by atoms with Gasteiger partial charge in [0.05, 0.1) is 10.7 Å². The molecule has 6 heteroatoms. The van der Waals surface area contributed by atoms with Crippen LogP contribution in [0.2, 0.25) is 10.0 Å². The van der Waals surface area contributed by atoms with E-state index in [4.69, 9.17) is 23.2 Å². The summed E-state index contributed by atoms with van der Waals surface area (Å²) >= 11 is 12.0. The molecule has 20 heavy (non-hydrogen) atoms. The highest BCUT2D eigenvalue weighted by Gasteiger charge is 2.18. The Morgan fingerprint density at radius 2 is 1.95 bits per heavy atom. The molecule has 1 aromatic rings. The molecule has 0 aliphatic heterocycles. The van der Waals surface area contributed by atoms with Gasteiger partial charge < -0.3 is 10.2 Å². The molecular weight excluding hydrogens is 299 g/mol. The van der Waals surface area contributed by atoms with Crippen molar-refractivity contribution < 1.29 is 9.59 Å². The predicted octanol–water partition coefficient (Wildman–Crippen LogP) is 3.12. The zero-order chi connectivity index (χ0) is 15.3. The largest absolute Gasteiger partial charge is 0.354 e. The summed E-state index contributed by atoms with van der Waals surface area (Å²) in [4.78, 5) is 24.9. The number of amides is 2. The second-order valence-corrected chi connectivity index (χ2v) is 5.74. The first kappa shape index (κ1) is 16.8. The van der Waals surface area contributed by atoms with Gasteiger partial charge in [-0.1, -0.05) is 37.0 Å². The van der Waals surface area contributed by atoms with Crippen LogP contribution in [0.5, 0.6) is 0 Å². The molecule has 0 unspecified atom stereocenters. The van der Waals surface area contributed by atoms with E-state index in [0.29, 0.717) is 28.2 Å². The van der Waals surface area contributed by atoms with E-state index in [1.807, 2.05) is 13.8 Å². The number of rotatable bonds is 5. The van der Waals surface area contributed by atoms with Crippen LogP contribution in [-0.4, -0.2) is 24.9 Å². The highest BCUT2D eigenvalue weighted by Crippen LogP contribution is 2.29. The number of hydrogen-bond acceptors (Lipinski definition) is 2. The second kappa shape index (κ2) is 7.50. The molecule has 4 nitrogen and oxygen atoms in total. The molecule has 110 valence electrons. The van der Waals surface area contributed by atoms with Crippen LogP contribution in [0, 0.1) is 5.92 Å². The summed E-state index contributed by atoms with van der Waals surface area (Å²) in [6, 6.07) is 4.80. The SMILES string of the molecule is CC(=O)N(CC(=O)NCC(C)C)c1cc(Cl)ccc1Cl. The van der Waals surface area contributed by atoms with Crippen molar-refractivity contribution in [1.29, 1.82) is 0 Å². The Morgan fingerprint density at radius 3 is 2.50 bits per heavy atom. The van der Waals surface area contributed by atoms with E-state index in [9.17, 15) is 9.59 Å². The van der Waals surface area contributed by atoms with Gasteiger partial charge in [-0.3, -0.25) is 9.59 Å². The van der Waals surface area contributed by atoms with Crippen molar-refractivity contribution >= 4 is 40.7 Å². The molecule has 0 bridgehead atoms. The third kappa shape index (κ3) is 5.02. The molecule has 0 aliphatic rings. The normalized spacial score (nSPS) is 10.5. The van der Waals surface area contributed by atoms with E-state index in [2.05, 4.69) is 5.32 Å². The molecule has 1 rings (SSSR count). The Bertz CT molecular complexity index is 504. The van der Waals surface area contributed by atoms with Crippen molar-refractivity contribution in [3.8, 4) is 0 Å². The Balaban J connectivity index is 2.87. The first-order valence-electron chi connectivity index (χ1n) is 6.31. The van der Waals surface area contributed by atoms with E-state index in [0.717, 1.165) is 0 Å². The van der Waals surface area contributed by atoms with Gasteiger partial charge in [-0.2, -0.15) is 0 Å². The van der Waals surface area contributed by atoms with Crippen LogP contribution >= 0.6 is 23.2 Å². The topological polar surface area (TPSA) is 49.4 Å². The average molecular weight is 317 g/mol. The minimum atomic E-state index is -0.270. The standard InChI is InChI=1S/C14H18Cl2N2O2/c1-9(2)7-17-14(20)8-18(10(3)19)13-6-11(15)4-5-12(13)16/h4-6,9H,7-8H2,1-3H3,(H,17,20). The first-order valence-corrected chi connectivity index (χ1v) is 7.06.